The normalized spacial score (nSPS) is 25.8. The maximum absolute atomic E-state index is 13.5. The molecule has 2 fully saturated rings. The van der Waals surface area contributed by atoms with Crippen molar-refractivity contribution in [2.75, 3.05) is 17.2 Å². The van der Waals surface area contributed by atoms with Crippen molar-refractivity contribution in [2.24, 2.45) is 25.9 Å². The molecule has 0 bridgehead atoms. The standard InChI is InChI=1S/C26H32ClFN6O3/c1-14(12-35)30-22-9-21(34(3)32-22)26(37)10-16-6-15(7-17(16)11-26)23-24(33(2)13-29-23)25(36)31-18-4-5-20(28)19(27)8-18/h4-5,8-9,13-17,35,37H,6-7,10-12H2,1-3H3,(H,30,32)(H,31,36). The van der Waals surface area contributed by atoms with Gasteiger partial charge in [-0.15, -0.1) is 0 Å². The first-order valence-electron chi connectivity index (χ1n) is 12.5. The van der Waals surface area contributed by atoms with E-state index in [1.54, 1.807) is 22.6 Å². The summed E-state index contributed by atoms with van der Waals surface area (Å²) in [6, 6.07) is 5.81. The van der Waals surface area contributed by atoms with Crippen LogP contribution in [0.3, 0.4) is 0 Å². The van der Waals surface area contributed by atoms with Gasteiger partial charge in [0.05, 0.1) is 29.3 Å². The van der Waals surface area contributed by atoms with Crippen molar-refractivity contribution in [1.29, 1.82) is 0 Å². The highest BCUT2D eigenvalue weighted by molar-refractivity contribution is 6.31. The number of anilines is 2. The molecule has 3 atom stereocenters. The molecule has 2 aliphatic carbocycles. The number of halogens is 2. The molecule has 2 aliphatic rings. The number of carbonyl (C=O) groups is 1. The number of aliphatic hydroxyl groups excluding tert-OH is 1. The van der Waals surface area contributed by atoms with E-state index < -0.39 is 11.4 Å². The lowest BCUT2D eigenvalue weighted by Gasteiger charge is -2.25. The van der Waals surface area contributed by atoms with Gasteiger partial charge in [-0.2, -0.15) is 5.10 Å². The summed E-state index contributed by atoms with van der Waals surface area (Å²) < 4.78 is 16.9. The molecule has 5 rings (SSSR count). The van der Waals surface area contributed by atoms with Gasteiger partial charge in [0.1, 0.15) is 22.9 Å². The highest BCUT2D eigenvalue weighted by Crippen LogP contribution is 2.57. The minimum atomic E-state index is -0.976. The number of benzene rings is 1. The third-order valence-corrected chi connectivity index (χ3v) is 8.10. The van der Waals surface area contributed by atoms with Crippen molar-refractivity contribution >= 4 is 29.0 Å². The van der Waals surface area contributed by atoms with Crippen LogP contribution in [-0.2, 0) is 19.7 Å². The summed E-state index contributed by atoms with van der Waals surface area (Å²) in [4.78, 5) is 17.7. The maximum atomic E-state index is 13.5. The summed E-state index contributed by atoms with van der Waals surface area (Å²) in [5.74, 6) is 0.467. The SMILES string of the molecule is CC(CO)Nc1cc(C2(O)CC3CC(c4ncn(C)c4C(=O)Nc4ccc(F)c(Cl)c4)CC3C2)n(C)n1. The Labute approximate surface area is 219 Å². The Morgan fingerprint density at radius 3 is 2.62 bits per heavy atom. The number of aliphatic hydroxyl groups is 2. The first-order chi connectivity index (χ1) is 17.6. The molecule has 3 aromatic rings. The van der Waals surface area contributed by atoms with Gasteiger partial charge in [-0.25, -0.2) is 9.37 Å². The van der Waals surface area contributed by atoms with Gasteiger partial charge < -0.3 is 25.4 Å². The van der Waals surface area contributed by atoms with E-state index in [0.29, 0.717) is 41.9 Å². The van der Waals surface area contributed by atoms with E-state index in [4.69, 9.17) is 11.6 Å². The van der Waals surface area contributed by atoms with Crippen LogP contribution in [0.5, 0.6) is 0 Å². The molecule has 0 radical (unpaired) electrons. The first kappa shape index (κ1) is 25.7. The molecule has 1 aromatic carbocycles. The lowest BCUT2D eigenvalue weighted by atomic mass is 9.90. The number of hydrogen-bond acceptors (Lipinski definition) is 6. The highest BCUT2D eigenvalue weighted by atomic mass is 35.5. The zero-order chi connectivity index (χ0) is 26.5. The summed E-state index contributed by atoms with van der Waals surface area (Å²) in [5.41, 5.74) is 1.42. The lowest BCUT2D eigenvalue weighted by molar-refractivity contribution is 0.0263. The molecule has 4 N–H and O–H groups in total. The van der Waals surface area contributed by atoms with Crippen molar-refractivity contribution in [3.8, 4) is 0 Å². The largest absolute Gasteiger partial charge is 0.394 e. The zero-order valence-corrected chi connectivity index (χ0v) is 21.8. The molecule has 37 heavy (non-hydrogen) atoms. The molecule has 2 heterocycles. The van der Waals surface area contributed by atoms with E-state index in [1.807, 2.05) is 20.0 Å². The Balaban J connectivity index is 1.29. The third kappa shape index (κ3) is 4.85. The molecule has 2 aromatic heterocycles. The number of aromatic nitrogens is 4. The number of nitrogens with one attached hydrogen (secondary N) is 2. The van der Waals surface area contributed by atoms with Gasteiger partial charge in [0.25, 0.3) is 5.91 Å². The molecular weight excluding hydrogens is 499 g/mol. The first-order valence-corrected chi connectivity index (χ1v) is 12.9. The Morgan fingerprint density at radius 2 is 1.97 bits per heavy atom. The fraction of sp³-hybridized carbons (Fsp3) is 0.500. The number of fused-ring (bicyclic) bond motifs is 1. The second-order valence-corrected chi connectivity index (χ2v) is 11.0. The second kappa shape index (κ2) is 9.74. The minimum Gasteiger partial charge on any atom is -0.394 e. The van der Waals surface area contributed by atoms with Crippen molar-refractivity contribution in [3.63, 3.8) is 0 Å². The number of amides is 1. The maximum Gasteiger partial charge on any atom is 0.274 e. The zero-order valence-electron chi connectivity index (χ0n) is 21.1. The predicted octanol–water partition coefficient (Wildman–Crippen LogP) is 3.78. The topological polar surface area (TPSA) is 117 Å². The van der Waals surface area contributed by atoms with Gasteiger partial charge in [-0.3, -0.25) is 9.48 Å². The highest BCUT2D eigenvalue weighted by Gasteiger charge is 2.51. The van der Waals surface area contributed by atoms with E-state index in [2.05, 4.69) is 20.7 Å². The lowest BCUT2D eigenvalue weighted by Crippen LogP contribution is -2.26. The van der Waals surface area contributed by atoms with Crippen LogP contribution < -0.4 is 10.6 Å². The molecule has 0 spiro atoms. The van der Waals surface area contributed by atoms with Crippen LogP contribution in [0.2, 0.25) is 5.02 Å². The fourth-order valence-corrected chi connectivity index (χ4v) is 6.33. The van der Waals surface area contributed by atoms with Gasteiger partial charge in [0.15, 0.2) is 0 Å². The quantitative estimate of drug-likeness (QED) is 0.369. The second-order valence-electron chi connectivity index (χ2n) is 10.6. The van der Waals surface area contributed by atoms with Gasteiger partial charge in [-0.1, -0.05) is 11.6 Å². The molecule has 198 valence electrons. The van der Waals surface area contributed by atoms with Crippen molar-refractivity contribution in [3.05, 3.63) is 58.5 Å². The van der Waals surface area contributed by atoms with E-state index in [0.717, 1.165) is 24.2 Å². The van der Waals surface area contributed by atoms with Crippen molar-refractivity contribution in [2.45, 2.75) is 50.2 Å². The number of carbonyl (C=O) groups excluding carboxylic acids is 1. The van der Waals surface area contributed by atoms with Crippen molar-refractivity contribution in [1.82, 2.24) is 19.3 Å². The van der Waals surface area contributed by atoms with E-state index in [1.165, 1.54) is 18.2 Å². The molecule has 3 unspecified atom stereocenters. The predicted molar refractivity (Wildman–Crippen MR) is 138 cm³/mol. The van der Waals surface area contributed by atoms with E-state index >= 15 is 0 Å². The van der Waals surface area contributed by atoms with Crippen LogP contribution in [0.1, 0.15) is 60.4 Å². The van der Waals surface area contributed by atoms with Crippen molar-refractivity contribution < 1.29 is 19.4 Å². The Bertz CT molecular complexity index is 1310. The number of hydrogen-bond donors (Lipinski definition) is 4. The Morgan fingerprint density at radius 1 is 1.27 bits per heavy atom. The van der Waals surface area contributed by atoms with Crippen LogP contribution in [0.4, 0.5) is 15.9 Å². The number of rotatable bonds is 7. The molecule has 1 amide bonds. The fourth-order valence-electron chi connectivity index (χ4n) is 6.15. The van der Waals surface area contributed by atoms with Gasteiger partial charge in [-0.05, 0) is 62.6 Å². The van der Waals surface area contributed by atoms with Crippen LogP contribution >= 0.6 is 11.6 Å². The summed E-state index contributed by atoms with van der Waals surface area (Å²) in [6.45, 7) is 1.86. The minimum absolute atomic E-state index is 0.00705. The molecule has 9 nitrogen and oxygen atoms in total. The number of imidazole rings is 1. The monoisotopic (exact) mass is 530 g/mol. The molecule has 0 saturated heterocycles. The summed E-state index contributed by atoms with van der Waals surface area (Å²) in [5, 5.41) is 31.3. The van der Waals surface area contributed by atoms with Crippen LogP contribution in [0.15, 0.2) is 30.6 Å². The molecule has 11 heteroatoms. The van der Waals surface area contributed by atoms with Crippen LogP contribution in [0, 0.1) is 17.7 Å². The number of nitrogens with zero attached hydrogens (tertiary/aromatic N) is 4. The summed E-state index contributed by atoms with van der Waals surface area (Å²) in [6.07, 6.45) is 4.54. The average molecular weight is 531 g/mol. The smallest absolute Gasteiger partial charge is 0.274 e. The summed E-state index contributed by atoms with van der Waals surface area (Å²) in [7, 11) is 3.61. The Hall–Kier alpha value is -2.95. The van der Waals surface area contributed by atoms with Gasteiger partial charge in [0.2, 0.25) is 0 Å². The molecular formula is C26H32ClFN6O3. The van der Waals surface area contributed by atoms with E-state index in [-0.39, 0.29) is 29.5 Å². The average Bonchev–Trinajstić information content (AvgIpc) is 3.58. The van der Waals surface area contributed by atoms with Crippen LogP contribution in [0.25, 0.3) is 0 Å². The molecule has 2 saturated carbocycles. The Kier molecular flexibility index (Phi) is 6.76. The van der Waals surface area contributed by atoms with Gasteiger partial charge in [0, 0.05) is 37.8 Å². The van der Waals surface area contributed by atoms with E-state index in [9.17, 15) is 19.4 Å². The molecule has 0 aliphatic heterocycles. The third-order valence-electron chi connectivity index (χ3n) is 7.81. The van der Waals surface area contributed by atoms with Crippen LogP contribution in [-0.4, -0.2) is 48.1 Å². The summed E-state index contributed by atoms with van der Waals surface area (Å²) >= 11 is 5.87. The number of aryl methyl sites for hydroxylation is 2. The van der Waals surface area contributed by atoms with Gasteiger partial charge >= 0.3 is 0 Å².